The fraction of sp³-hybridized carbons (Fsp3) is 0.714. The molecule has 18 heavy (non-hydrogen) atoms. The van der Waals surface area contributed by atoms with Gasteiger partial charge in [0, 0.05) is 34.4 Å². The van der Waals surface area contributed by atoms with Crippen molar-refractivity contribution in [3.8, 4) is 0 Å². The molecular weight excluding hydrogens is 264 g/mol. The highest BCUT2D eigenvalue weighted by atomic mass is 35.5. The first-order chi connectivity index (χ1) is 8.20. The molecule has 2 unspecified atom stereocenters. The van der Waals surface area contributed by atoms with E-state index in [9.17, 15) is 0 Å². The number of nitrogens with zero attached hydrogens (tertiary/aromatic N) is 1. The number of aryl methyl sites for hydroxylation is 1. The summed E-state index contributed by atoms with van der Waals surface area (Å²) in [6.45, 7) is 3.32. The van der Waals surface area contributed by atoms with Crippen LogP contribution in [0.5, 0.6) is 0 Å². The van der Waals surface area contributed by atoms with E-state index in [-0.39, 0.29) is 12.4 Å². The molecular formula is C14H23ClN2S. The van der Waals surface area contributed by atoms with Crippen LogP contribution in [0.3, 0.4) is 0 Å². The Hall–Kier alpha value is -0.0900. The third-order valence-electron chi connectivity index (χ3n) is 4.27. The molecule has 4 heteroatoms. The van der Waals surface area contributed by atoms with Gasteiger partial charge in [-0.2, -0.15) is 0 Å². The molecule has 0 amide bonds. The Morgan fingerprint density at radius 1 is 1.28 bits per heavy atom. The first-order valence-electron chi connectivity index (χ1n) is 6.72. The van der Waals surface area contributed by atoms with Gasteiger partial charge in [-0.3, -0.25) is 4.90 Å². The van der Waals surface area contributed by atoms with Gasteiger partial charge in [-0.15, -0.1) is 23.7 Å². The van der Waals surface area contributed by atoms with Crippen LogP contribution >= 0.6 is 23.7 Å². The van der Waals surface area contributed by atoms with Crippen LogP contribution in [0.2, 0.25) is 0 Å². The van der Waals surface area contributed by atoms with E-state index < -0.39 is 0 Å². The van der Waals surface area contributed by atoms with Gasteiger partial charge in [-0.1, -0.05) is 0 Å². The van der Waals surface area contributed by atoms with Crippen LogP contribution in [0, 0.1) is 6.92 Å². The van der Waals surface area contributed by atoms with Crippen LogP contribution in [-0.2, 0) is 6.54 Å². The number of nitrogens with one attached hydrogen (secondary N) is 1. The van der Waals surface area contributed by atoms with Gasteiger partial charge in [-0.05, 0) is 51.8 Å². The average Bonchev–Trinajstić information content (AvgIpc) is 2.85. The maximum Gasteiger partial charge on any atom is 0.0327 e. The summed E-state index contributed by atoms with van der Waals surface area (Å²) in [6, 6.07) is 6.90. The summed E-state index contributed by atoms with van der Waals surface area (Å²) in [5.74, 6) is 0. The van der Waals surface area contributed by atoms with Gasteiger partial charge in [0.2, 0.25) is 0 Å². The molecule has 2 atom stereocenters. The van der Waals surface area contributed by atoms with Crippen LogP contribution < -0.4 is 5.32 Å². The summed E-state index contributed by atoms with van der Waals surface area (Å²) < 4.78 is 0. The van der Waals surface area contributed by atoms with Crippen molar-refractivity contribution in [3.05, 3.63) is 21.9 Å². The van der Waals surface area contributed by atoms with Crippen LogP contribution in [0.15, 0.2) is 12.1 Å². The normalized spacial score (nSPS) is 30.5. The Bertz CT molecular complexity index is 381. The quantitative estimate of drug-likeness (QED) is 0.918. The first-order valence-corrected chi connectivity index (χ1v) is 7.54. The van der Waals surface area contributed by atoms with Gasteiger partial charge in [0.1, 0.15) is 0 Å². The number of thiophene rings is 1. The van der Waals surface area contributed by atoms with Crippen molar-refractivity contribution in [3.63, 3.8) is 0 Å². The SMILES string of the molecule is Cc1ccc(CN(C)C2CC3CCC(C2)N3)s1.Cl. The van der Waals surface area contributed by atoms with Crippen LogP contribution in [-0.4, -0.2) is 30.1 Å². The molecule has 1 N–H and O–H groups in total. The molecule has 0 spiro atoms. The molecule has 2 aliphatic rings. The van der Waals surface area contributed by atoms with E-state index in [0.29, 0.717) is 0 Å². The van der Waals surface area contributed by atoms with Gasteiger partial charge in [0.15, 0.2) is 0 Å². The van der Waals surface area contributed by atoms with E-state index in [1.807, 2.05) is 11.3 Å². The molecule has 2 bridgehead atoms. The summed E-state index contributed by atoms with van der Waals surface area (Å²) >= 11 is 1.94. The Morgan fingerprint density at radius 2 is 1.94 bits per heavy atom. The van der Waals surface area contributed by atoms with Crippen molar-refractivity contribution in [1.29, 1.82) is 0 Å². The Morgan fingerprint density at radius 3 is 2.50 bits per heavy atom. The van der Waals surface area contributed by atoms with E-state index >= 15 is 0 Å². The number of halogens is 1. The summed E-state index contributed by atoms with van der Waals surface area (Å²) in [7, 11) is 2.30. The zero-order valence-corrected chi connectivity index (χ0v) is 12.8. The lowest BCUT2D eigenvalue weighted by molar-refractivity contribution is 0.167. The summed E-state index contributed by atoms with van der Waals surface area (Å²) in [6.07, 6.45) is 5.48. The van der Waals surface area contributed by atoms with Crippen molar-refractivity contribution in [2.75, 3.05) is 7.05 Å². The lowest BCUT2D eigenvalue weighted by Crippen LogP contribution is -2.46. The van der Waals surface area contributed by atoms with Crippen molar-refractivity contribution >= 4 is 23.7 Å². The summed E-state index contributed by atoms with van der Waals surface area (Å²) in [4.78, 5) is 5.51. The van der Waals surface area contributed by atoms with Crippen molar-refractivity contribution in [2.24, 2.45) is 0 Å². The molecule has 1 aromatic rings. The van der Waals surface area contributed by atoms with Crippen LogP contribution in [0.25, 0.3) is 0 Å². The molecule has 3 rings (SSSR count). The standard InChI is InChI=1S/C14H22N2S.ClH/c1-10-3-6-14(17-10)9-16(2)13-7-11-4-5-12(8-13)15-11;/h3,6,11-13,15H,4-5,7-9H2,1-2H3;1H. The van der Waals surface area contributed by atoms with Gasteiger partial charge < -0.3 is 5.32 Å². The molecule has 0 aromatic carbocycles. The minimum Gasteiger partial charge on any atom is -0.311 e. The molecule has 2 aliphatic heterocycles. The maximum absolute atomic E-state index is 3.72. The smallest absolute Gasteiger partial charge is 0.0327 e. The van der Waals surface area contributed by atoms with Gasteiger partial charge in [-0.25, -0.2) is 0 Å². The summed E-state index contributed by atoms with van der Waals surface area (Å²) in [5, 5.41) is 3.72. The zero-order valence-electron chi connectivity index (χ0n) is 11.2. The second-order valence-electron chi connectivity index (χ2n) is 5.69. The zero-order chi connectivity index (χ0) is 11.8. The molecule has 2 saturated heterocycles. The molecule has 2 fully saturated rings. The predicted octanol–water partition coefficient (Wildman–Crippen LogP) is 3.19. The lowest BCUT2D eigenvalue weighted by Gasteiger charge is -2.35. The highest BCUT2D eigenvalue weighted by Crippen LogP contribution is 2.30. The topological polar surface area (TPSA) is 15.3 Å². The van der Waals surface area contributed by atoms with Gasteiger partial charge in [0.05, 0.1) is 0 Å². The molecule has 1 aromatic heterocycles. The maximum atomic E-state index is 3.72. The molecule has 3 heterocycles. The van der Waals surface area contributed by atoms with Crippen molar-refractivity contribution in [2.45, 2.75) is 57.3 Å². The monoisotopic (exact) mass is 286 g/mol. The van der Waals surface area contributed by atoms with Crippen molar-refractivity contribution in [1.82, 2.24) is 10.2 Å². The van der Waals surface area contributed by atoms with E-state index in [4.69, 9.17) is 0 Å². The molecule has 0 saturated carbocycles. The predicted molar refractivity (Wildman–Crippen MR) is 80.7 cm³/mol. The van der Waals surface area contributed by atoms with E-state index in [2.05, 4.69) is 36.3 Å². The second-order valence-corrected chi connectivity index (χ2v) is 7.06. The Labute approximate surface area is 120 Å². The minimum atomic E-state index is 0. The van der Waals surface area contributed by atoms with Gasteiger partial charge >= 0.3 is 0 Å². The van der Waals surface area contributed by atoms with Crippen LogP contribution in [0.4, 0.5) is 0 Å². The summed E-state index contributed by atoms with van der Waals surface area (Å²) in [5.41, 5.74) is 0. The van der Waals surface area contributed by atoms with E-state index in [0.717, 1.165) is 24.7 Å². The fourth-order valence-electron chi connectivity index (χ4n) is 3.33. The molecule has 2 nitrogen and oxygen atoms in total. The fourth-order valence-corrected chi connectivity index (χ4v) is 4.29. The van der Waals surface area contributed by atoms with Gasteiger partial charge in [0.25, 0.3) is 0 Å². The molecule has 102 valence electrons. The number of hydrogen-bond acceptors (Lipinski definition) is 3. The van der Waals surface area contributed by atoms with Crippen molar-refractivity contribution < 1.29 is 0 Å². The van der Waals surface area contributed by atoms with E-state index in [1.54, 1.807) is 0 Å². The number of rotatable bonds is 3. The minimum absolute atomic E-state index is 0. The first kappa shape index (κ1) is 14.3. The number of hydrogen-bond donors (Lipinski definition) is 1. The van der Waals surface area contributed by atoms with E-state index in [1.165, 1.54) is 35.4 Å². The third kappa shape index (κ3) is 3.08. The largest absolute Gasteiger partial charge is 0.311 e. The highest BCUT2D eigenvalue weighted by molar-refractivity contribution is 7.11. The molecule has 0 radical (unpaired) electrons. The second kappa shape index (κ2) is 5.91. The average molecular weight is 287 g/mol. The van der Waals surface area contributed by atoms with Crippen LogP contribution in [0.1, 0.15) is 35.4 Å². The number of piperidine rings is 1. The lowest BCUT2D eigenvalue weighted by atomic mass is 9.98. The Kier molecular flexibility index (Phi) is 4.70. The highest BCUT2D eigenvalue weighted by Gasteiger charge is 2.34. The Balaban J connectivity index is 0.00000120. The third-order valence-corrected chi connectivity index (χ3v) is 5.26. The molecule has 0 aliphatic carbocycles. The number of fused-ring (bicyclic) bond motifs is 2.